The van der Waals surface area contributed by atoms with Crippen molar-refractivity contribution in [3.05, 3.63) is 45.7 Å². The van der Waals surface area contributed by atoms with Crippen molar-refractivity contribution in [3.63, 3.8) is 0 Å². The third-order valence-electron chi connectivity index (χ3n) is 4.12. The number of benzene rings is 1. The fourth-order valence-corrected chi connectivity index (χ4v) is 2.89. The summed E-state index contributed by atoms with van der Waals surface area (Å²) in [7, 11) is 0. The van der Waals surface area contributed by atoms with Crippen LogP contribution in [0.3, 0.4) is 0 Å². The van der Waals surface area contributed by atoms with Crippen LogP contribution < -0.4 is 15.6 Å². The van der Waals surface area contributed by atoms with Gasteiger partial charge in [-0.2, -0.15) is 5.10 Å². The Kier molecular flexibility index (Phi) is 6.80. The highest BCUT2D eigenvalue weighted by atomic mass is 35.5. The van der Waals surface area contributed by atoms with Gasteiger partial charge in [-0.1, -0.05) is 11.6 Å². The fourth-order valence-electron chi connectivity index (χ4n) is 2.66. The third-order valence-corrected chi connectivity index (χ3v) is 4.41. The number of rotatable bonds is 7. The number of H-pyrrole nitrogens is 1. The molecular formula is C18H21ClN4O4. The predicted octanol–water partition coefficient (Wildman–Crippen LogP) is 0.917. The molecule has 0 unspecified atom stereocenters. The van der Waals surface area contributed by atoms with Gasteiger partial charge < -0.3 is 14.8 Å². The predicted molar refractivity (Wildman–Crippen MR) is 101 cm³/mol. The number of ether oxygens (including phenoxy) is 2. The van der Waals surface area contributed by atoms with Gasteiger partial charge in [0, 0.05) is 37.8 Å². The molecule has 27 heavy (non-hydrogen) atoms. The molecule has 3 rings (SSSR count). The standard InChI is InChI=1S/C18H21ClN4O4/c19-14-11-13(15-2-4-17(24)22-21-15)1-3-16(14)27-12-18(25)20-5-6-23-7-9-26-10-8-23/h1-4,11H,5-10,12H2,(H,20,25)(H,22,24). The van der Waals surface area contributed by atoms with Crippen LogP contribution in [0.1, 0.15) is 0 Å². The summed E-state index contributed by atoms with van der Waals surface area (Å²) >= 11 is 6.22. The van der Waals surface area contributed by atoms with Gasteiger partial charge in [0.2, 0.25) is 0 Å². The van der Waals surface area contributed by atoms with Gasteiger partial charge in [-0.15, -0.1) is 0 Å². The SMILES string of the molecule is O=C(COc1ccc(-c2ccc(=O)[nH]n2)cc1Cl)NCCN1CCOCC1. The minimum atomic E-state index is -0.274. The van der Waals surface area contributed by atoms with Crippen molar-refractivity contribution in [3.8, 4) is 17.0 Å². The van der Waals surface area contributed by atoms with Crippen LogP contribution in [0.5, 0.6) is 5.75 Å². The zero-order valence-corrected chi connectivity index (χ0v) is 15.5. The van der Waals surface area contributed by atoms with E-state index in [1.807, 2.05) is 0 Å². The number of nitrogens with zero attached hydrogens (tertiary/aromatic N) is 2. The lowest BCUT2D eigenvalue weighted by Gasteiger charge is -2.26. The number of halogens is 1. The van der Waals surface area contributed by atoms with Gasteiger partial charge in [-0.05, 0) is 24.3 Å². The second kappa shape index (κ2) is 9.50. The van der Waals surface area contributed by atoms with Gasteiger partial charge in [0.05, 0.1) is 23.9 Å². The van der Waals surface area contributed by atoms with Crippen molar-refractivity contribution in [2.45, 2.75) is 0 Å². The minimum Gasteiger partial charge on any atom is -0.482 e. The average molecular weight is 393 g/mol. The smallest absolute Gasteiger partial charge is 0.264 e. The molecule has 9 heteroatoms. The maximum atomic E-state index is 11.9. The molecule has 0 spiro atoms. The van der Waals surface area contributed by atoms with E-state index in [9.17, 15) is 9.59 Å². The molecule has 2 heterocycles. The maximum absolute atomic E-state index is 11.9. The first kappa shape index (κ1) is 19.3. The molecule has 1 aromatic heterocycles. The summed E-state index contributed by atoms with van der Waals surface area (Å²) in [6.45, 7) is 4.49. The molecule has 1 amide bonds. The summed E-state index contributed by atoms with van der Waals surface area (Å²) in [5.74, 6) is 0.207. The Hall–Kier alpha value is -2.42. The van der Waals surface area contributed by atoms with E-state index in [2.05, 4.69) is 20.4 Å². The highest BCUT2D eigenvalue weighted by molar-refractivity contribution is 6.32. The van der Waals surface area contributed by atoms with Crippen LogP contribution in [-0.2, 0) is 9.53 Å². The van der Waals surface area contributed by atoms with Crippen molar-refractivity contribution in [2.24, 2.45) is 0 Å². The quantitative estimate of drug-likeness (QED) is 0.727. The molecule has 0 atom stereocenters. The van der Waals surface area contributed by atoms with Crippen molar-refractivity contribution in [1.29, 1.82) is 0 Å². The molecule has 1 aliphatic rings. The molecule has 0 bridgehead atoms. The second-order valence-corrected chi connectivity index (χ2v) is 6.45. The van der Waals surface area contributed by atoms with Gasteiger partial charge in [-0.3, -0.25) is 14.5 Å². The number of carbonyl (C=O) groups excluding carboxylic acids is 1. The maximum Gasteiger partial charge on any atom is 0.264 e. The van der Waals surface area contributed by atoms with Crippen LogP contribution >= 0.6 is 11.6 Å². The Bertz CT molecular complexity index is 816. The first-order chi connectivity index (χ1) is 13.1. The number of morpholine rings is 1. The van der Waals surface area contributed by atoms with Gasteiger partial charge in [0.15, 0.2) is 6.61 Å². The Balaban J connectivity index is 1.46. The zero-order valence-electron chi connectivity index (χ0n) is 14.7. The van der Waals surface area contributed by atoms with Crippen LogP contribution in [0.4, 0.5) is 0 Å². The summed E-state index contributed by atoms with van der Waals surface area (Å²) in [5.41, 5.74) is 1.05. The number of nitrogens with one attached hydrogen (secondary N) is 2. The Morgan fingerprint density at radius 3 is 2.81 bits per heavy atom. The van der Waals surface area contributed by atoms with Gasteiger partial charge >= 0.3 is 0 Å². The molecule has 0 aliphatic carbocycles. The fraction of sp³-hybridized carbons (Fsp3) is 0.389. The number of hydrogen-bond donors (Lipinski definition) is 2. The second-order valence-electron chi connectivity index (χ2n) is 6.04. The monoisotopic (exact) mass is 392 g/mol. The lowest BCUT2D eigenvalue weighted by Crippen LogP contribution is -2.42. The van der Waals surface area contributed by atoms with Crippen molar-refractivity contribution >= 4 is 17.5 Å². The molecule has 144 valence electrons. The zero-order chi connectivity index (χ0) is 19.1. The summed E-state index contributed by atoms with van der Waals surface area (Å²) in [6.07, 6.45) is 0. The molecule has 1 fully saturated rings. The van der Waals surface area contributed by atoms with Crippen molar-refractivity contribution in [1.82, 2.24) is 20.4 Å². The molecule has 1 aromatic carbocycles. The van der Waals surface area contributed by atoms with Crippen LogP contribution in [0.15, 0.2) is 35.1 Å². The van der Waals surface area contributed by atoms with Crippen LogP contribution in [0, 0.1) is 0 Å². The molecule has 2 N–H and O–H groups in total. The number of aromatic nitrogens is 2. The van der Waals surface area contributed by atoms with E-state index in [1.165, 1.54) is 6.07 Å². The topological polar surface area (TPSA) is 96.6 Å². The summed E-state index contributed by atoms with van der Waals surface area (Å²) in [4.78, 5) is 25.2. The number of hydrogen-bond acceptors (Lipinski definition) is 6. The normalized spacial score (nSPS) is 14.7. The third kappa shape index (κ3) is 5.78. The molecule has 8 nitrogen and oxygen atoms in total. The summed E-state index contributed by atoms with van der Waals surface area (Å²) in [6, 6.07) is 8.10. The highest BCUT2D eigenvalue weighted by Crippen LogP contribution is 2.29. The first-order valence-corrected chi connectivity index (χ1v) is 9.05. The van der Waals surface area contributed by atoms with Crippen molar-refractivity contribution < 1.29 is 14.3 Å². The largest absolute Gasteiger partial charge is 0.482 e. The molecule has 1 aliphatic heterocycles. The van der Waals surface area contributed by atoms with E-state index >= 15 is 0 Å². The molecule has 0 saturated carbocycles. The van der Waals surface area contributed by atoms with Crippen LogP contribution in [-0.4, -0.2) is 67.0 Å². The lowest BCUT2D eigenvalue weighted by atomic mass is 10.1. The van der Waals surface area contributed by atoms with E-state index in [-0.39, 0.29) is 18.1 Å². The number of amides is 1. The van der Waals surface area contributed by atoms with E-state index in [1.54, 1.807) is 24.3 Å². The van der Waals surface area contributed by atoms with E-state index in [0.717, 1.165) is 38.4 Å². The molecule has 1 saturated heterocycles. The molecular weight excluding hydrogens is 372 g/mol. The number of carbonyl (C=O) groups is 1. The summed E-state index contributed by atoms with van der Waals surface area (Å²) < 4.78 is 10.8. The Labute approximate surface area is 161 Å². The van der Waals surface area contributed by atoms with E-state index < -0.39 is 0 Å². The van der Waals surface area contributed by atoms with E-state index in [0.29, 0.717) is 23.0 Å². The first-order valence-electron chi connectivity index (χ1n) is 8.67. The molecule has 0 radical (unpaired) electrons. The van der Waals surface area contributed by atoms with Crippen LogP contribution in [0.2, 0.25) is 5.02 Å². The Morgan fingerprint density at radius 2 is 2.11 bits per heavy atom. The average Bonchev–Trinajstić information content (AvgIpc) is 2.68. The number of aromatic amines is 1. The molecule has 2 aromatic rings. The van der Waals surface area contributed by atoms with Gasteiger partial charge in [0.25, 0.3) is 11.5 Å². The minimum absolute atomic E-state index is 0.112. The highest BCUT2D eigenvalue weighted by Gasteiger charge is 2.11. The van der Waals surface area contributed by atoms with Crippen LogP contribution in [0.25, 0.3) is 11.3 Å². The van der Waals surface area contributed by atoms with Gasteiger partial charge in [0.1, 0.15) is 5.75 Å². The summed E-state index contributed by atoms with van der Waals surface area (Å²) in [5, 5.41) is 9.52. The Morgan fingerprint density at radius 1 is 1.30 bits per heavy atom. The van der Waals surface area contributed by atoms with Crippen molar-refractivity contribution in [2.75, 3.05) is 46.0 Å². The van der Waals surface area contributed by atoms with Gasteiger partial charge in [-0.25, -0.2) is 5.10 Å². The van der Waals surface area contributed by atoms with E-state index in [4.69, 9.17) is 21.1 Å². The lowest BCUT2D eigenvalue weighted by molar-refractivity contribution is -0.123.